The van der Waals surface area contributed by atoms with E-state index in [9.17, 15) is 9.59 Å². The van der Waals surface area contributed by atoms with Crippen LogP contribution < -0.4 is 0 Å². The second-order valence-electron chi connectivity index (χ2n) is 8.02. The highest BCUT2D eigenvalue weighted by Crippen LogP contribution is 2.27. The van der Waals surface area contributed by atoms with E-state index in [1.54, 1.807) is 16.7 Å². The summed E-state index contributed by atoms with van der Waals surface area (Å²) in [6.45, 7) is 7.57. The van der Waals surface area contributed by atoms with Gasteiger partial charge in [0.25, 0.3) is 0 Å². The number of nitrogens with zero attached hydrogens (tertiary/aromatic N) is 1. The summed E-state index contributed by atoms with van der Waals surface area (Å²) >= 11 is 1.68. The largest absolute Gasteiger partial charge is 0.459 e. The molecule has 1 aromatic rings. The summed E-state index contributed by atoms with van der Waals surface area (Å²) in [5, 5.41) is 0. The van der Waals surface area contributed by atoms with Crippen LogP contribution in [0, 0.1) is 5.92 Å². The minimum atomic E-state index is -0.531. The van der Waals surface area contributed by atoms with Crippen LogP contribution in [0.3, 0.4) is 0 Å². The predicted molar refractivity (Wildman–Crippen MR) is 106 cm³/mol. The molecule has 0 N–H and O–H groups in total. The number of esters is 1. The quantitative estimate of drug-likeness (QED) is 0.517. The van der Waals surface area contributed by atoms with Crippen molar-refractivity contribution in [2.45, 2.75) is 69.9 Å². The Balaban J connectivity index is 1.98. The van der Waals surface area contributed by atoms with Gasteiger partial charge >= 0.3 is 5.97 Å². The molecule has 1 aliphatic carbocycles. The standard InChI is InChI=1S/C21H31NO3S/c1-16(15-26-18-12-6-5-7-13-18)20(24)22(17-10-8-9-11-17)14-19(23)25-21(2,3)4/h5-7,12-13,16-17H,8-11,14-15H2,1-4H3. The molecule has 1 aromatic carbocycles. The molecule has 0 aromatic heterocycles. The number of carbonyl (C=O) groups excluding carboxylic acids is 2. The van der Waals surface area contributed by atoms with Crippen LogP contribution in [0.25, 0.3) is 0 Å². The van der Waals surface area contributed by atoms with Gasteiger partial charge in [0.15, 0.2) is 0 Å². The van der Waals surface area contributed by atoms with Crippen molar-refractivity contribution < 1.29 is 14.3 Å². The van der Waals surface area contributed by atoms with Gasteiger partial charge in [-0.05, 0) is 45.7 Å². The second-order valence-corrected chi connectivity index (χ2v) is 9.11. The molecule has 0 heterocycles. The van der Waals surface area contributed by atoms with Gasteiger partial charge in [0.1, 0.15) is 12.1 Å². The first-order chi connectivity index (χ1) is 12.3. The number of benzene rings is 1. The van der Waals surface area contributed by atoms with Gasteiger partial charge in [0.2, 0.25) is 5.91 Å². The third kappa shape index (κ3) is 6.67. The minimum Gasteiger partial charge on any atom is -0.459 e. The van der Waals surface area contributed by atoms with Crippen LogP contribution in [0.2, 0.25) is 0 Å². The summed E-state index contributed by atoms with van der Waals surface area (Å²) in [5.74, 6) is 0.315. The lowest BCUT2D eigenvalue weighted by molar-refractivity contribution is -0.160. The zero-order valence-corrected chi connectivity index (χ0v) is 17.2. The number of carbonyl (C=O) groups is 2. The third-order valence-corrected chi connectivity index (χ3v) is 5.70. The molecule has 0 saturated heterocycles. The van der Waals surface area contributed by atoms with Crippen LogP contribution >= 0.6 is 11.8 Å². The smallest absolute Gasteiger partial charge is 0.326 e. The van der Waals surface area contributed by atoms with Crippen molar-refractivity contribution >= 4 is 23.6 Å². The normalized spacial score (nSPS) is 16.3. The van der Waals surface area contributed by atoms with Crippen LogP contribution in [-0.4, -0.2) is 40.7 Å². The van der Waals surface area contributed by atoms with E-state index in [1.165, 1.54) is 0 Å². The highest BCUT2D eigenvalue weighted by Gasteiger charge is 2.32. The number of rotatable bonds is 7. The van der Waals surface area contributed by atoms with Crippen molar-refractivity contribution in [2.24, 2.45) is 5.92 Å². The van der Waals surface area contributed by atoms with Crippen molar-refractivity contribution in [3.63, 3.8) is 0 Å². The van der Waals surface area contributed by atoms with E-state index in [0.717, 1.165) is 30.6 Å². The summed E-state index contributed by atoms with van der Waals surface area (Å²) in [6.07, 6.45) is 4.20. The fraction of sp³-hybridized carbons (Fsp3) is 0.619. The molecule has 26 heavy (non-hydrogen) atoms. The van der Waals surface area contributed by atoms with Crippen molar-refractivity contribution in [1.82, 2.24) is 4.90 Å². The van der Waals surface area contributed by atoms with Crippen LogP contribution in [-0.2, 0) is 14.3 Å². The Bertz CT molecular complexity index is 591. The molecule has 2 rings (SSSR count). The first kappa shape index (κ1) is 20.8. The Morgan fingerprint density at radius 2 is 1.81 bits per heavy atom. The van der Waals surface area contributed by atoms with E-state index in [0.29, 0.717) is 5.75 Å². The topological polar surface area (TPSA) is 46.6 Å². The highest BCUT2D eigenvalue weighted by molar-refractivity contribution is 7.99. The first-order valence-corrected chi connectivity index (χ1v) is 10.4. The highest BCUT2D eigenvalue weighted by atomic mass is 32.2. The molecular formula is C21H31NO3S. The molecule has 144 valence electrons. The Morgan fingerprint density at radius 1 is 1.19 bits per heavy atom. The van der Waals surface area contributed by atoms with Crippen LogP contribution in [0.5, 0.6) is 0 Å². The average molecular weight is 378 g/mol. The molecule has 1 fully saturated rings. The summed E-state index contributed by atoms with van der Waals surface area (Å²) in [5.41, 5.74) is -0.531. The Morgan fingerprint density at radius 3 is 2.38 bits per heavy atom. The van der Waals surface area contributed by atoms with E-state index in [1.807, 2.05) is 45.9 Å². The molecule has 1 atom stereocenters. The second kappa shape index (κ2) is 9.45. The molecule has 1 unspecified atom stereocenters. The van der Waals surface area contributed by atoms with E-state index >= 15 is 0 Å². The molecular weight excluding hydrogens is 346 g/mol. The molecule has 0 radical (unpaired) electrons. The van der Waals surface area contributed by atoms with Crippen LogP contribution in [0.1, 0.15) is 53.4 Å². The third-order valence-electron chi connectivity index (χ3n) is 4.43. The SMILES string of the molecule is CC(CSc1ccccc1)C(=O)N(CC(=O)OC(C)(C)C)C1CCCC1. The first-order valence-electron chi connectivity index (χ1n) is 9.46. The lowest BCUT2D eigenvalue weighted by Crippen LogP contribution is -2.46. The van der Waals surface area contributed by atoms with Gasteiger partial charge in [-0.1, -0.05) is 38.0 Å². The van der Waals surface area contributed by atoms with E-state index in [-0.39, 0.29) is 30.4 Å². The summed E-state index contributed by atoms with van der Waals surface area (Å²) < 4.78 is 5.45. The monoisotopic (exact) mass is 377 g/mol. The summed E-state index contributed by atoms with van der Waals surface area (Å²) in [4.78, 5) is 28.3. The Labute approximate surface area is 161 Å². The van der Waals surface area contributed by atoms with Gasteiger partial charge in [0.05, 0.1) is 0 Å². The molecule has 0 aliphatic heterocycles. The molecule has 1 saturated carbocycles. The van der Waals surface area contributed by atoms with Gasteiger partial charge in [0, 0.05) is 22.6 Å². The average Bonchev–Trinajstić information content (AvgIpc) is 3.10. The van der Waals surface area contributed by atoms with Gasteiger partial charge < -0.3 is 9.64 Å². The van der Waals surface area contributed by atoms with Gasteiger partial charge in [-0.3, -0.25) is 9.59 Å². The van der Waals surface area contributed by atoms with E-state index in [4.69, 9.17) is 4.74 Å². The Hall–Kier alpha value is -1.49. The lowest BCUT2D eigenvalue weighted by Gasteiger charge is -2.31. The Kier molecular flexibility index (Phi) is 7.56. The zero-order valence-electron chi connectivity index (χ0n) is 16.4. The maximum Gasteiger partial charge on any atom is 0.326 e. The summed E-state index contributed by atoms with van der Waals surface area (Å²) in [6, 6.07) is 10.3. The van der Waals surface area contributed by atoms with Gasteiger partial charge in [-0.15, -0.1) is 11.8 Å². The molecule has 1 amide bonds. The summed E-state index contributed by atoms with van der Waals surface area (Å²) in [7, 11) is 0. The number of thioether (sulfide) groups is 1. The predicted octanol–water partition coefficient (Wildman–Crippen LogP) is 4.53. The fourth-order valence-electron chi connectivity index (χ4n) is 3.21. The van der Waals surface area contributed by atoms with Crippen molar-refractivity contribution in [3.05, 3.63) is 30.3 Å². The number of hydrogen-bond donors (Lipinski definition) is 0. The van der Waals surface area contributed by atoms with E-state index in [2.05, 4.69) is 12.1 Å². The number of amides is 1. The lowest BCUT2D eigenvalue weighted by atomic mass is 10.1. The van der Waals surface area contributed by atoms with Gasteiger partial charge in [-0.25, -0.2) is 0 Å². The fourth-order valence-corrected chi connectivity index (χ4v) is 4.14. The maximum atomic E-state index is 13.1. The number of hydrogen-bond acceptors (Lipinski definition) is 4. The van der Waals surface area contributed by atoms with Crippen molar-refractivity contribution in [1.29, 1.82) is 0 Å². The zero-order chi connectivity index (χ0) is 19.2. The molecule has 5 heteroatoms. The van der Waals surface area contributed by atoms with Gasteiger partial charge in [-0.2, -0.15) is 0 Å². The van der Waals surface area contributed by atoms with E-state index < -0.39 is 5.60 Å². The molecule has 1 aliphatic rings. The van der Waals surface area contributed by atoms with Crippen LogP contribution in [0.15, 0.2) is 35.2 Å². The minimum absolute atomic E-state index is 0.0567. The molecule has 4 nitrogen and oxygen atoms in total. The maximum absolute atomic E-state index is 13.1. The number of ether oxygens (including phenoxy) is 1. The molecule has 0 bridgehead atoms. The van der Waals surface area contributed by atoms with Crippen LogP contribution in [0.4, 0.5) is 0 Å². The van der Waals surface area contributed by atoms with Crippen molar-refractivity contribution in [2.75, 3.05) is 12.3 Å². The molecule has 0 spiro atoms. The van der Waals surface area contributed by atoms with Crippen molar-refractivity contribution in [3.8, 4) is 0 Å².